The molecule has 38 heavy (non-hydrogen) atoms. The zero-order valence-electron chi connectivity index (χ0n) is 19.9. The normalized spacial score (nSPS) is 11.0. The summed E-state index contributed by atoms with van der Waals surface area (Å²) < 4.78 is 8.73. The van der Waals surface area contributed by atoms with Gasteiger partial charge in [0.15, 0.2) is 11.0 Å². The molecule has 0 spiro atoms. The monoisotopic (exact) mass is 584 g/mol. The molecule has 0 radical (unpaired) electrons. The summed E-state index contributed by atoms with van der Waals surface area (Å²) in [6.07, 6.45) is 4.99. The van der Waals surface area contributed by atoms with Gasteiger partial charge in [0, 0.05) is 28.1 Å². The highest BCUT2D eigenvalue weighted by atomic mass is 79.9. The van der Waals surface area contributed by atoms with E-state index in [-0.39, 0.29) is 11.7 Å². The van der Waals surface area contributed by atoms with Crippen molar-refractivity contribution in [2.75, 3.05) is 5.75 Å². The molecule has 0 atom stereocenters. The first-order chi connectivity index (χ1) is 18.7. The van der Waals surface area contributed by atoms with Crippen molar-refractivity contribution in [2.24, 2.45) is 5.10 Å². The minimum absolute atomic E-state index is 0.111. The van der Waals surface area contributed by atoms with Crippen LogP contribution in [0, 0.1) is 0 Å². The summed E-state index contributed by atoms with van der Waals surface area (Å²) >= 11 is 4.75. The molecular weight excluding hydrogens is 564 g/mol. The number of hydrazone groups is 1. The third-order valence-electron chi connectivity index (χ3n) is 5.23. The minimum Gasteiger partial charge on any atom is -0.457 e. The summed E-state index contributed by atoms with van der Waals surface area (Å²) in [5, 5.41) is 13.4. The van der Waals surface area contributed by atoms with E-state index in [0.717, 1.165) is 27.0 Å². The number of amides is 1. The van der Waals surface area contributed by atoms with Crippen LogP contribution < -0.4 is 10.2 Å². The van der Waals surface area contributed by atoms with Crippen LogP contribution in [0.15, 0.2) is 118 Å². The highest BCUT2D eigenvalue weighted by Crippen LogP contribution is 2.28. The van der Waals surface area contributed by atoms with Gasteiger partial charge in [-0.2, -0.15) is 5.10 Å². The molecule has 0 fully saturated rings. The Hall–Kier alpha value is -4.28. The van der Waals surface area contributed by atoms with E-state index < -0.39 is 0 Å². The highest BCUT2D eigenvalue weighted by Gasteiger charge is 2.17. The summed E-state index contributed by atoms with van der Waals surface area (Å²) in [5.41, 5.74) is 5.12. The van der Waals surface area contributed by atoms with Gasteiger partial charge < -0.3 is 4.74 Å². The van der Waals surface area contributed by atoms with Gasteiger partial charge in [-0.15, -0.1) is 10.2 Å². The second-order valence-corrected chi connectivity index (χ2v) is 9.78. The van der Waals surface area contributed by atoms with Crippen LogP contribution in [0.25, 0.3) is 17.1 Å². The molecule has 188 valence electrons. The molecule has 10 heteroatoms. The van der Waals surface area contributed by atoms with Crippen molar-refractivity contribution in [1.82, 2.24) is 25.2 Å². The van der Waals surface area contributed by atoms with E-state index in [4.69, 9.17) is 4.74 Å². The zero-order chi connectivity index (χ0) is 26.2. The fraction of sp³-hybridized carbons (Fsp3) is 0.0357. The van der Waals surface area contributed by atoms with Gasteiger partial charge in [0.1, 0.15) is 11.5 Å². The maximum atomic E-state index is 12.5. The van der Waals surface area contributed by atoms with Crippen molar-refractivity contribution in [3.05, 3.63) is 113 Å². The standard InChI is InChI=1S/C28H21BrN6O2S/c29-22-9-11-23(12-10-22)35-27(21-13-15-30-16-14-21)33-34-28(35)38-19-26(36)32-31-18-20-5-4-8-25(17-20)37-24-6-2-1-3-7-24/h1-18H,19H2,(H,32,36)/b31-18-. The molecule has 5 rings (SSSR count). The number of thioether (sulfide) groups is 1. The number of nitrogens with one attached hydrogen (secondary N) is 1. The van der Waals surface area contributed by atoms with E-state index in [2.05, 4.69) is 41.6 Å². The van der Waals surface area contributed by atoms with Gasteiger partial charge in [-0.1, -0.05) is 58.0 Å². The Morgan fingerprint density at radius 2 is 1.71 bits per heavy atom. The predicted molar refractivity (Wildman–Crippen MR) is 152 cm³/mol. The molecule has 0 aliphatic heterocycles. The Morgan fingerprint density at radius 3 is 2.50 bits per heavy atom. The van der Waals surface area contributed by atoms with E-state index in [1.165, 1.54) is 11.8 Å². The smallest absolute Gasteiger partial charge is 0.250 e. The Kier molecular flexibility index (Phi) is 8.22. The van der Waals surface area contributed by atoms with Gasteiger partial charge >= 0.3 is 0 Å². The lowest BCUT2D eigenvalue weighted by Gasteiger charge is -2.10. The van der Waals surface area contributed by atoms with Crippen LogP contribution in [0.2, 0.25) is 0 Å². The first kappa shape index (κ1) is 25.4. The number of carbonyl (C=O) groups is 1. The maximum absolute atomic E-state index is 12.5. The van der Waals surface area contributed by atoms with Gasteiger partial charge in [-0.05, 0) is 66.2 Å². The zero-order valence-corrected chi connectivity index (χ0v) is 22.3. The lowest BCUT2D eigenvalue weighted by atomic mass is 10.2. The maximum Gasteiger partial charge on any atom is 0.250 e. The molecule has 0 saturated carbocycles. The molecule has 0 unspecified atom stereocenters. The number of halogens is 1. The Balaban J connectivity index is 1.24. The molecule has 1 N–H and O–H groups in total. The first-order valence-electron chi connectivity index (χ1n) is 11.6. The topological polar surface area (TPSA) is 94.3 Å². The number of pyridine rings is 1. The van der Waals surface area contributed by atoms with E-state index in [0.29, 0.717) is 16.7 Å². The molecule has 0 saturated heterocycles. The van der Waals surface area contributed by atoms with Gasteiger partial charge in [0.05, 0.1) is 12.0 Å². The molecule has 8 nitrogen and oxygen atoms in total. The molecule has 2 heterocycles. The molecular formula is C28H21BrN6O2S. The Bertz CT molecular complexity index is 1540. The van der Waals surface area contributed by atoms with Crippen molar-refractivity contribution < 1.29 is 9.53 Å². The second kappa shape index (κ2) is 12.3. The van der Waals surface area contributed by atoms with Crippen molar-refractivity contribution in [1.29, 1.82) is 0 Å². The summed E-state index contributed by atoms with van der Waals surface area (Å²) in [7, 11) is 0. The lowest BCUT2D eigenvalue weighted by Crippen LogP contribution is -2.20. The molecule has 0 aliphatic carbocycles. The van der Waals surface area contributed by atoms with Crippen LogP contribution in [-0.2, 0) is 4.79 Å². The van der Waals surface area contributed by atoms with Crippen molar-refractivity contribution in [2.45, 2.75) is 5.16 Å². The number of carbonyl (C=O) groups excluding carboxylic acids is 1. The van der Waals surface area contributed by atoms with Crippen molar-refractivity contribution in [3.63, 3.8) is 0 Å². The second-order valence-electron chi connectivity index (χ2n) is 7.92. The average Bonchev–Trinajstić information content (AvgIpc) is 3.38. The molecule has 2 aromatic heterocycles. The fourth-order valence-corrected chi connectivity index (χ4v) is 4.51. The largest absolute Gasteiger partial charge is 0.457 e. The quantitative estimate of drug-likeness (QED) is 0.127. The van der Waals surface area contributed by atoms with E-state index in [1.54, 1.807) is 18.6 Å². The third kappa shape index (κ3) is 6.53. The van der Waals surface area contributed by atoms with Crippen molar-refractivity contribution >= 4 is 39.8 Å². The molecule has 1 amide bonds. The summed E-state index contributed by atoms with van der Waals surface area (Å²) in [5.74, 6) is 1.93. The van der Waals surface area contributed by atoms with Crippen LogP contribution >= 0.6 is 27.7 Å². The average molecular weight is 585 g/mol. The molecule has 3 aromatic carbocycles. The van der Waals surface area contributed by atoms with Gasteiger partial charge in [0.2, 0.25) is 0 Å². The lowest BCUT2D eigenvalue weighted by molar-refractivity contribution is -0.118. The Morgan fingerprint density at radius 1 is 0.947 bits per heavy atom. The summed E-state index contributed by atoms with van der Waals surface area (Å²) in [6.45, 7) is 0. The number of benzene rings is 3. The van der Waals surface area contributed by atoms with Crippen LogP contribution in [0.3, 0.4) is 0 Å². The number of hydrogen-bond acceptors (Lipinski definition) is 7. The summed E-state index contributed by atoms with van der Waals surface area (Å²) in [4.78, 5) is 16.6. The van der Waals surface area contributed by atoms with Crippen LogP contribution in [0.5, 0.6) is 11.5 Å². The minimum atomic E-state index is -0.265. The molecule has 5 aromatic rings. The number of rotatable bonds is 9. The van der Waals surface area contributed by atoms with E-state index in [1.807, 2.05) is 95.6 Å². The third-order valence-corrected chi connectivity index (χ3v) is 6.69. The number of aromatic nitrogens is 4. The van der Waals surface area contributed by atoms with Gasteiger partial charge in [-0.3, -0.25) is 14.3 Å². The number of para-hydroxylation sites is 1. The number of nitrogens with zero attached hydrogens (tertiary/aromatic N) is 5. The van der Waals surface area contributed by atoms with Crippen LogP contribution in [0.1, 0.15) is 5.56 Å². The predicted octanol–water partition coefficient (Wildman–Crippen LogP) is 6.13. The number of ether oxygens (including phenoxy) is 1. The fourth-order valence-electron chi connectivity index (χ4n) is 3.50. The highest BCUT2D eigenvalue weighted by molar-refractivity contribution is 9.10. The van der Waals surface area contributed by atoms with Gasteiger partial charge in [-0.25, -0.2) is 5.43 Å². The van der Waals surface area contributed by atoms with Gasteiger partial charge in [0.25, 0.3) is 5.91 Å². The van der Waals surface area contributed by atoms with E-state index >= 15 is 0 Å². The van der Waals surface area contributed by atoms with Crippen LogP contribution in [-0.4, -0.2) is 37.6 Å². The number of hydrogen-bond donors (Lipinski definition) is 1. The first-order valence-corrected chi connectivity index (χ1v) is 13.3. The van der Waals surface area contributed by atoms with E-state index in [9.17, 15) is 4.79 Å². The Labute approximate surface area is 231 Å². The molecule has 0 bridgehead atoms. The SMILES string of the molecule is O=C(CSc1nnc(-c2ccncc2)n1-c1ccc(Br)cc1)N/N=C\c1cccc(Oc2ccccc2)c1. The van der Waals surface area contributed by atoms with Crippen LogP contribution in [0.4, 0.5) is 0 Å². The van der Waals surface area contributed by atoms with Crippen molar-refractivity contribution in [3.8, 4) is 28.6 Å². The molecule has 0 aliphatic rings. The summed E-state index contributed by atoms with van der Waals surface area (Å²) in [6, 6.07) is 28.5.